The monoisotopic (exact) mass is 253 g/mol. The van der Waals surface area contributed by atoms with E-state index in [1.807, 2.05) is 0 Å². The predicted octanol–water partition coefficient (Wildman–Crippen LogP) is 4.22. The van der Waals surface area contributed by atoms with Gasteiger partial charge >= 0.3 is 0 Å². The Labute approximate surface area is 113 Å². The number of rotatable bonds is 9. The Morgan fingerprint density at radius 2 is 1.61 bits per heavy atom. The van der Waals surface area contributed by atoms with Crippen LogP contribution >= 0.6 is 0 Å². The Balaban J connectivity index is 2.21. The number of nitrogens with two attached hydrogens (primary N) is 1. The molecule has 0 heterocycles. The fourth-order valence-electron chi connectivity index (χ4n) is 3.16. The van der Waals surface area contributed by atoms with Crippen LogP contribution in [0.1, 0.15) is 84.0 Å². The van der Waals surface area contributed by atoms with Crippen LogP contribution in [0, 0.1) is 5.41 Å². The molecule has 0 atom stereocenters. The van der Waals surface area contributed by atoms with Gasteiger partial charge in [-0.2, -0.15) is 0 Å². The van der Waals surface area contributed by atoms with Crippen molar-refractivity contribution in [3.05, 3.63) is 0 Å². The third-order valence-corrected chi connectivity index (χ3v) is 4.55. The van der Waals surface area contributed by atoms with Crippen LogP contribution in [0.2, 0.25) is 0 Å². The van der Waals surface area contributed by atoms with Gasteiger partial charge in [0, 0.05) is 18.4 Å². The van der Waals surface area contributed by atoms with Crippen LogP contribution in [0.15, 0.2) is 0 Å². The molecule has 18 heavy (non-hydrogen) atoms. The second kappa shape index (κ2) is 8.68. The standard InChI is InChI=1S/C16H31NO/c1-2-3-4-5-6-8-11-15(18)16(14-17)12-9-7-10-13-16/h2-14,17H2,1H3. The van der Waals surface area contributed by atoms with Crippen LogP contribution in [-0.2, 0) is 4.79 Å². The number of carbonyl (C=O) groups is 1. The number of Topliss-reactive ketones (excluding diaryl/α,β-unsaturated/α-hetero) is 1. The molecule has 0 aromatic heterocycles. The molecule has 1 rings (SSSR count). The van der Waals surface area contributed by atoms with Crippen LogP contribution in [0.25, 0.3) is 0 Å². The zero-order chi connectivity index (χ0) is 13.3. The summed E-state index contributed by atoms with van der Waals surface area (Å²) >= 11 is 0. The lowest BCUT2D eigenvalue weighted by Gasteiger charge is -2.34. The van der Waals surface area contributed by atoms with Crippen molar-refractivity contribution < 1.29 is 4.79 Å². The number of hydrogen-bond acceptors (Lipinski definition) is 2. The molecule has 0 unspecified atom stereocenters. The van der Waals surface area contributed by atoms with Gasteiger partial charge in [0.2, 0.25) is 0 Å². The van der Waals surface area contributed by atoms with E-state index in [1.54, 1.807) is 0 Å². The summed E-state index contributed by atoms with van der Waals surface area (Å²) in [6, 6.07) is 0. The Bertz CT molecular complexity index is 231. The summed E-state index contributed by atoms with van der Waals surface area (Å²) < 4.78 is 0. The van der Waals surface area contributed by atoms with Gasteiger partial charge in [0.1, 0.15) is 5.78 Å². The van der Waals surface area contributed by atoms with E-state index in [2.05, 4.69) is 6.92 Å². The maximum Gasteiger partial charge on any atom is 0.140 e. The molecular weight excluding hydrogens is 222 g/mol. The topological polar surface area (TPSA) is 43.1 Å². The van der Waals surface area contributed by atoms with Crippen molar-refractivity contribution in [2.75, 3.05) is 6.54 Å². The molecule has 1 aliphatic carbocycles. The summed E-state index contributed by atoms with van der Waals surface area (Å²) in [6.45, 7) is 2.80. The highest BCUT2D eigenvalue weighted by Gasteiger charge is 2.36. The van der Waals surface area contributed by atoms with E-state index in [1.165, 1.54) is 51.4 Å². The normalized spacial score (nSPS) is 18.8. The number of hydrogen-bond donors (Lipinski definition) is 1. The summed E-state index contributed by atoms with van der Waals surface area (Å²) in [4.78, 5) is 12.4. The lowest BCUT2D eigenvalue weighted by Crippen LogP contribution is -2.40. The first-order chi connectivity index (χ1) is 8.75. The molecule has 2 heteroatoms. The van der Waals surface area contributed by atoms with E-state index in [0.717, 1.165) is 25.7 Å². The Morgan fingerprint density at radius 1 is 1.00 bits per heavy atom. The van der Waals surface area contributed by atoms with E-state index in [9.17, 15) is 4.79 Å². The van der Waals surface area contributed by atoms with Crippen LogP contribution < -0.4 is 5.73 Å². The molecule has 1 saturated carbocycles. The molecule has 106 valence electrons. The van der Waals surface area contributed by atoms with Crippen molar-refractivity contribution in [2.24, 2.45) is 11.1 Å². The third-order valence-electron chi connectivity index (χ3n) is 4.55. The van der Waals surface area contributed by atoms with Crippen molar-refractivity contribution in [2.45, 2.75) is 84.0 Å². The van der Waals surface area contributed by atoms with Crippen LogP contribution in [0.5, 0.6) is 0 Å². The highest BCUT2D eigenvalue weighted by Crippen LogP contribution is 2.37. The maximum atomic E-state index is 12.4. The lowest BCUT2D eigenvalue weighted by atomic mass is 9.70. The Morgan fingerprint density at radius 3 is 2.22 bits per heavy atom. The molecule has 0 bridgehead atoms. The van der Waals surface area contributed by atoms with Gasteiger partial charge in [-0.25, -0.2) is 0 Å². The molecule has 1 aliphatic rings. The zero-order valence-electron chi connectivity index (χ0n) is 12.2. The molecular formula is C16H31NO. The quantitative estimate of drug-likeness (QED) is 0.625. The first-order valence-electron chi connectivity index (χ1n) is 7.98. The van der Waals surface area contributed by atoms with E-state index >= 15 is 0 Å². The maximum absolute atomic E-state index is 12.4. The predicted molar refractivity (Wildman–Crippen MR) is 77.6 cm³/mol. The van der Waals surface area contributed by atoms with E-state index in [4.69, 9.17) is 5.73 Å². The Hall–Kier alpha value is -0.370. The largest absolute Gasteiger partial charge is 0.329 e. The molecule has 0 spiro atoms. The number of unbranched alkanes of at least 4 members (excludes halogenated alkanes) is 5. The molecule has 0 saturated heterocycles. The van der Waals surface area contributed by atoms with E-state index in [0.29, 0.717) is 12.3 Å². The zero-order valence-corrected chi connectivity index (χ0v) is 12.2. The average molecular weight is 253 g/mol. The van der Waals surface area contributed by atoms with Gasteiger partial charge in [0.15, 0.2) is 0 Å². The second-order valence-electron chi connectivity index (χ2n) is 5.99. The first kappa shape index (κ1) is 15.7. The van der Waals surface area contributed by atoms with Gasteiger partial charge in [-0.3, -0.25) is 4.79 Å². The second-order valence-corrected chi connectivity index (χ2v) is 5.99. The lowest BCUT2D eigenvalue weighted by molar-refractivity contribution is -0.130. The molecule has 0 radical (unpaired) electrons. The highest BCUT2D eigenvalue weighted by atomic mass is 16.1. The summed E-state index contributed by atoms with van der Waals surface area (Å²) in [6.07, 6.45) is 14.0. The summed E-state index contributed by atoms with van der Waals surface area (Å²) in [5.74, 6) is 0.459. The molecule has 2 nitrogen and oxygen atoms in total. The molecule has 0 aromatic carbocycles. The van der Waals surface area contributed by atoms with E-state index < -0.39 is 0 Å². The minimum atomic E-state index is -0.137. The van der Waals surface area contributed by atoms with Crippen LogP contribution in [0.4, 0.5) is 0 Å². The van der Waals surface area contributed by atoms with Gasteiger partial charge in [-0.05, 0) is 19.3 Å². The smallest absolute Gasteiger partial charge is 0.140 e. The fourth-order valence-corrected chi connectivity index (χ4v) is 3.16. The molecule has 0 amide bonds. The number of ketones is 1. The first-order valence-corrected chi connectivity index (χ1v) is 7.98. The Kier molecular flexibility index (Phi) is 7.57. The van der Waals surface area contributed by atoms with Crippen molar-refractivity contribution >= 4 is 5.78 Å². The van der Waals surface area contributed by atoms with Crippen LogP contribution in [0.3, 0.4) is 0 Å². The van der Waals surface area contributed by atoms with Gasteiger partial charge < -0.3 is 5.73 Å². The molecule has 0 aliphatic heterocycles. The van der Waals surface area contributed by atoms with Crippen molar-refractivity contribution in [1.82, 2.24) is 0 Å². The van der Waals surface area contributed by atoms with Gasteiger partial charge in [-0.1, -0.05) is 58.3 Å². The average Bonchev–Trinajstić information content (AvgIpc) is 2.43. The highest BCUT2D eigenvalue weighted by molar-refractivity contribution is 5.85. The SMILES string of the molecule is CCCCCCCCC(=O)C1(CN)CCCCC1. The van der Waals surface area contributed by atoms with Crippen LogP contribution in [-0.4, -0.2) is 12.3 Å². The molecule has 1 fully saturated rings. The van der Waals surface area contributed by atoms with Crippen molar-refractivity contribution in [3.63, 3.8) is 0 Å². The molecule has 2 N–H and O–H groups in total. The summed E-state index contributed by atoms with van der Waals surface area (Å²) in [5.41, 5.74) is 5.75. The van der Waals surface area contributed by atoms with E-state index in [-0.39, 0.29) is 5.41 Å². The van der Waals surface area contributed by atoms with Gasteiger partial charge in [0.05, 0.1) is 0 Å². The van der Waals surface area contributed by atoms with Crippen molar-refractivity contribution in [1.29, 1.82) is 0 Å². The van der Waals surface area contributed by atoms with Gasteiger partial charge in [0.25, 0.3) is 0 Å². The van der Waals surface area contributed by atoms with Gasteiger partial charge in [-0.15, -0.1) is 0 Å². The summed E-state index contributed by atoms with van der Waals surface area (Å²) in [5, 5.41) is 0. The molecule has 0 aromatic rings. The fraction of sp³-hybridized carbons (Fsp3) is 0.938. The minimum Gasteiger partial charge on any atom is -0.329 e. The summed E-state index contributed by atoms with van der Waals surface area (Å²) in [7, 11) is 0. The number of carbonyl (C=O) groups excluding carboxylic acids is 1. The third kappa shape index (κ3) is 4.72. The van der Waals surface area contributed by atoms with Crippen molar-refractivity contribution in [3.8, 4) is 0 Å². The minimum absolute atomic E-state index is 0.137.